The molecule has 0 radical (unpaired) electrons. The molecule has 1 saturated heterocycles. The molecular weight excluding hydrogens is 304 g/mol. The minimum atomic E-state index is -0.253. The number of aromatic hydroxyl groups is 1. The first kappa shape index (κ1) is 15.0. The molecule has 0 aliphatic carbocycles. The molecule has 1 amide bonds. The molecule has 2 aliphatic rings. The van der Waals surface area contributed by atoms with Gasteiger partial charge in [0.2, 0.25) is 0 Å². The Morgan fingerprint density at radius 2 is 1.92 bits per heavy atom. The molecule has 1 fully saturated rings. The molecule has 1 spiro atoms. The summed E-state index contributed by atoms with van der Waals surface area (Å²) in [5, 5.41) is 9.71. The number of amides is 1. The van der Waals surface area contributed by atoms with Crippen molar-refractivity contribution in [3.63, 3.8) is 0 Å². The first-order valence-corrected chi connectivity index (χ1v) is 8.19. The number of rotatable bonds is 1. The van der Waals surface area contributed by atoms with Crippen LogP contribution >= 0.6 is 0 Å². The summed E-state index contributed by atoms with van der Waals surface area (Å²) in [6.07, 6.45) is 1.58. The number of benzene rings is 2. The van der Waals surface area contributed by atoms with Gasteiger partial charge in [0.1, 0.15) is 5.75 Å². The van der Waals surface area contributed by atoms with Crippen LogP contribution < -0.4 is 5.73 Å². The zero-order chi connectivity index (χ0) is 16.7. The van der Waals surface area contributed by atoms with Gasteiger partial charge in [0.15, 0.2) is 0 Å². The Morgan fingerprint density at radius 3 is 2.67 bits per heavy atom. The van der Waals surface area contributed by atoms with E-state index >= 15 is 0 Å². The van der Waals surface area contributed by atoms with Crippen LogP contribution in [0.25, 0.3) is 0 Å². The number of fused-ring (bicyclic) bond motifs is 2. The number of ether oxygens (including phenoxy) is 1. The van der Waals surface area contributed by atoms with Crippen molar-refractivity contribution in [2.75, 3.05) is 18.8 Å². The largest absolute Gasteiger partial charge is 0.506 e. The first-order chi connectivity index (χ1) is 11.6. The number of nitrogens with two attached hydrogens (primary N) is 1. The van der Waals surface area contributed by atoms with Crippen LogP contribution in [0.15, 0.2) is 42.5 Å². The summed E-state index contributed by atoms with van der Waals surface area (Å²) in [5.41, 5.74) is 8.60. The third-order valence-electron chi connectivity index (χ3n) is 5.15. The quantitative estimate of drug-likeness (QED) is 0.624. The van der Waals surface area contributed by atoms with Crippen molar-refractivity contribution in [1.82, 2.24) is 4.90 Å². The van der Waals surface area contributed by atoms with Crippen molar-refractivity contribution in [2.45, 2.75) is 25.0 Å². The zero-order valence-electron chi connectivity index (χ0n) is 13.4. The van der Waals surface area contributed by atoms with Crippen LogP contribution in [0, 0.1) is 0 Å². The van der Waals surface area contributed by atoms with E-state index in [2.05, 4.69) is 12.1 Å². The van der Waals surface area contributed by atoms with E-state index < -0.39 is 0 Å². The van der Waals surface area contributed by atoms with Gasteiger partial charge in [-0.1, -0.05) is 24.3 Å². The number of nitrogen functional groups attached to an aromatic ring is 1. The van der Waals surface area contributed by atoms with Crippen molar-refractivity contribution in [3.8, 4) is 5.75 Å². The van der Waals surface area contributed by atoms with Crippen molar-refractivity contribution in [3.05, 3.63) is 59.2 Å². The van der Waals surface area contributed by atoms with Crippen LogP contribution in [0.2, 0.25) is 0 Å². The fourth-order valence-corrected chi connectivity index (χ4v) is 3.73. The summed E-state index contributed by atoms with van der Waals surface area (Å²) in [6.45, 7) is 1.92. The van der Waals surface area contributed by atoms with E-state index in [0.717, 1.165) is 12.8 Å². The lowest BCUT2D eigenvalue weighted by Crippen LogP contribution is -2.45. The van der Waals surface area contributed by atoms with Crippen LogP contribution in [0.5, 0.6) is 5.75 Å². The molecule has 0 bridgehead atoms. The van der Waals surface area contributed by atoms with Crippen LogP contribution in [0.4, 0.5) is 5.69 Å². The maximum absolute atomic E-state index is 12.6. The van der Waals surface area contributed by atoms with Gasteiger partial charge in [-0.25, -0.2) is 0 Å². The molecule has 0 unspecified atom stereocenters. The molecule has 2 heterocycles. The highest BCUT2D eigenvalue weighted by molar-refractivity contribution is 5.95. The Kier molecular flexibility index (Phi) is 3.46. The Balaban J connectivity index is 1.50. The Hall–Kier alpha value is -2.53. The maximum atomic E-state index is 12.6. The molecule has 4 rings (SSSR count). The van der Waals surface area contributed by atoms with Gasteiger partial charge in [0.25, 0.3) is 5.91 Å². The monoisotopic (exact) mass is 324 g/mol. The molecule has 124 valence electrons. The highest BCUT2D eigenvalue weighted by Gasteiger charge is 2.43. The molecule has 2 aromatic rings. The van der Waals surface area contributed by atoms with Gasteiger partial charge >= 0.3 is 0 Å². The molecular formula is C19H20N2O3. The minimum absolute atomic E-state index is 0.0533. The predicted molar refractivity (Wildman–Crippen MR) is 90.6 cm³/mol. The third kappa shape index (κ3) is 2.32. The average Bonchev–Trinajstić information content (AvgIpc) is 2.96. The normalized spacial score (nSPS) is 18.6. The number of phenolic OH excluding ortho intramolecular Hbond substituents is 1. The van der Waals surface area contributed by atoms with Crippen LogP contribution in [0.3, 0.4) is 0 Å². The zero-order valence-corrected chi connectivity index (χ0v) is 13.4. The second kappa shape index (κ2) is 5.53. The van der Waals surface area contributed by atoms with Crippen molar-refractivity contribution < 1.29 is 14.6 Å². The second-order valence-corrected chi connectivity index (χ2v) is 6.51. The fourth-order valence-electron chi connectivity index (χ4n) is 3.73. The molecule has 5 nitrogen and oxygen atoms in total. The lowest BCUT2D eigenvalue weighted by atomic mass is 9.83. The molecule has 3 N–H and O–H groups in total. The van der Waals surface area contributed by atoms with Crippen LogP contribution in [0.1, 0.15) is 34.3 Å². The van der Waals surface area contributed by atoms with E-state index in [9.17, 15) is 9.90 Å². The summed E-state index contributed by atoms with van der Waals surface area (Å²) in [4.78, 5) is 14.5. The second-order valence-electron chi connectivity index (χ2n) is 6.51. The van der Waals surface area contributed by atoms with Gasteiger partial charge in [-0.2, -0.15) is 0 Å². The lowest BCUT2D eigenvalue weighted by Gasteiger charge is -2.39. The van der Waals surface area contributed by atoms with Crippen molar-refractivity contribution in [1.29, 1.82) is 0 Å². The molecule has 0 atom stereocenters. The van der Waals surface area contributed by atoms with E-state index in [1.165, 1.54) is 17.2 Å². The molecule has 0 saturated carbocycles. The van der Waals surface area contributed by atoms with Gasteiger partial charge in [-0.3, -0.25) is 4.79 Å². The number of carbonyl (C=O) groups is 1. The summed E-state index contributed by atoms with van der Waals surface area (Å²) >= 11 is 0. The van der Waals surface area contributed by atoms with Crippen molar-refractivity contribution >= 4 is 11.6 Å². The number of hydrogen-bond donors (Lipinski definition) is 2. The number of nitrogens with zero attached hydrogens (tertiary/aromatic N) is 1. The van der Waals surface area contributed by atoms with Crippen LogP contribution in [-0.4, -0.2) is 29.0 Å². The predicted octanol–water partition coefficient (Wildman–Crippen LogP) is 2.64. The smallest absolute Gasteiger partial charge is 0.253 e. The van der Waals surface area contributed by atoms with Gasteiger partial charge in [0.05, 0.1) is 17.9 Å². The Bertz CT molecular complexity index is 795. The highest BCUT2D eigenvalue weighted by atomic mass is 16.5. The van der Waals surface area contributed by atoms with E-state index in [4.69, 9.17) is 10.5 Å². The third-order valence-corrected chi connectivity index (χ3v) is 5.15. The first-order valence-electron chi connectivity index (χ1n) is 8.19. The van der Waals surface area contributed by atoms with Gasteiger partial charge < -0.3 is 20.5 Å². The topological polar surface area (TPSA) is 75.8 Å². The molecule has 24 heavy (non-hydrogen) atoms. The number of likely N-dealkylation sites (tertiary alicyclic amines) is 1. The SMILES string of the molecule is Nc1ccc(C(=O)N2CCC3(CC2)OCc2ccccc23)cc1O. The Labute approximate surface area is 140 Å². The standard InChI is InChI=1S/C19H20N2O3/c20-16-6-5-13(11-17(16)22)18(23)21-9-7-19(8-10-21)15-4-2-1-3-14(15)12-24-19/h1-6,11,22H,7-10,12,20H2. The van der Waals surface area contributed by atoms with Crippen LogP contribution in [-0.2, 0) is 16.9 Å². The van der Waals surface area contributed by atoms with Gasteiger partial charge in [0, 0.05) is 18.7 Å². The molecule has 0 aromatic heterocycles. The Morgan fingerprint density at radius 1 is 1.17 bits per heavy atom. The number of anilines is 1. The van der Waals surface area contributed by atoms with Crippen molar-refractivity contribution in [2.24, 2.45) is 0 Å². The summed E-state index contributed by atoms with van der Waals surface area (Å²) in [7, 11) is 0. The highest BCUT2D eigenvalue weighted by Crippen LogP contribution is 2.44. The summed E-state index contributed by atoms with van der Waals surface area (Å²) < 4.78 is 6.13. The molecule has 5 heteroatoms. The number of hydrogen-bond acceptors (Lipinski definition) is 4. The number of carbonyl (C=O) groups excluding carboxylic acids is 1. The van der Waals surface area contributed by atoms with E-state index in [0.29, 0.717) is 25.3 Å². The average molecular weight is 324 g/mol. The fraction of sp³-hybridized carbons (Fsp3) is 0.316. The molecule has 2 aliphatic heterocycles. The summed E-state index contributed by atoms with van der Waals surface area (Å²) in [6, 6.07) is 13.0. The van der Waals surface area contributed by atoms with E-state index in [-0.39, 0.29) is 22.9 Å². The number of phenols is 1. The minimum Gasteiger partial charge on any atom is -0.506 e. The summed E-state index contributed by atoms with van der Waals surface area (Å²) in [5.74, 6) is -0.131. The van der Waals surface area contributed by atoms with E-state index in [1.807, 2.05) is 17.0 Å². The van der Waals surface area contributed by atoms with E-state index in [1.54, 1.807) is 12.1 Å². The lowest BCUT2D eigenvalue weighted by molar-refractivity contribution is -0.0741. The maximum Gasteiger partial charge on any atom is 0.253 e. The molecule has 2 aromatic carbocycles. The van der Waals surface area contributed by atoms with Gasteiger partial charge in [-0.05, 0) is 42.2 Å². The number of piperidine rings is 1. The van der Waals surface area contributed by atoms with Gasteiger partial charge in [-0.15, -0.1) is 0 Å².